The maximum absolute atomic E-state index is 11.1. The van der Waals surface area contributed by atoms with Gasteiger partial charge < -0.3 is 19.0 Å². The summed E-state index contributed by atoms with van der Waals surface area (Å²) in [7, 11) is -2.81. The number of rotatable bonds is 10. The predicted octanol–water partition coefficient (Wildman–Crippen LogP) is 5.01. The fourth-order valence-electron chi connectivity index (χ4n) is 5.35. The molecule has 0 saturated carbocycles. The Hall–Kier alpha value is -2.02. The van der Waals surface area contributed by atoms with E-state index in [0.717, 1.165) is 12.8 Å². The Morgan fingerprint density at radius 1 is 1.06 bits per heavy atom. The number of aliphatic hydroxyl groups is 1. The van der Waals surface area contributed by atoms with E-state index >= 15 is 0 Å². The second-order valence-corrected chi connectivity index (χ2v) is 15.3. The third-order valence-corrected chi connectivity index (χ3v) is 12.2. The number of ether oxygens (including phenoxy) is 2. The van der Waals surface area contributed by atoms with Crippen molar-refractivity contribution in [3.63, 3.8) is 0 Å². The summed E-state index contributed by atoms with van der Waals surface area (Å²) in [6, 6.07) is 21.0. The van der Waals surface area contributed by atoms with Gasteiger partial charge in [-0.3, -0.25) is 0 Å². The molecule has 1 N–H and O–H groups in total. The van der Waals surface area contributed by atoms with Crippen molar-refractivity contribution < 1.29 is 19.0 Å². The molecule has 3 rings (SSSR count). The average Bonchev–Trinajstić information content (AvgIpc) is 2.84. The summed E-state index contributed by atoms with van der Waals surface area (Å²) in [5.74, 6) is 0. The van der Waals surface area contributed by atoms with E-state index in [1.165, 1.54) is 16.4 Å². The molecule has 35 heavy (non-hydrogen) atoms. The second kappa shape index (κ2) is 10.9. The van der Waals surface area contributed by atoms with E-state index in [9.17, 15) is 5.11 Å². The molecule has 0 radical (unpaired) electrons. The zero-order valence-electron chi connectivity index (χ0n) is 22.0. The summed E-state index contributed by atoms with van der Waals surface area (Å²) in [5.41, 5.74) is -1.67. The molecule has 1 aliphatic rings. The van der Waals surface area contributed by atoms with E-state index in [4.69, 9.17) is 13.9 Å². The van der Waals surface area contributed by atoms with Crippen LogP contribution in [0.3, 0.4) is 0 Å². The molecule has 2 aromatic rings. The summed E-state index contributed by atoms with van der Waals surface area (Å²) < 4.78 is 19.9. The van der Waals surface area contributed by atoms with Crippen LogP contribution in [0.15, 0.2) is 86.0 Å². The Morgan fingerprint density at radius 2 is 1.60 bits per heavy atom. The minimum atomic E-state index is -2.81. The van der Waals surface area contributed by atoms with Crippen molar-refractivity contribution in [2.45, 2.75) is 75.9 Å². The molecule has 4 nitrogen and oxygen atoms in total. The van der Waals surface area contributed by atoms with Crippen molar-refractivity contribution in [3.05, 3.63) is 86.0 Å². The van der Waals surface area contributed by atoms with Crippen molar-refractivity contribution in [2.24, 2.45) is 0 Å². The average molecular weight is 495 g/mol. The predicted molar refractivity (Wildman–Crippen MR) is 147 cm³/mol. The first-order valence-corrected chi connectivity index (χ1v) is 14.4. The monoisotopic (exact) mass is 494 g/mol. The first kappa shape index (κ1) is 27.6. The minimum absolute atomic E-state index is 0.183. The lowest BCUT2D eigenvalue weighted by Gasteiger charge is -2.49. The molecule has 0 bridgehead atoms. The number of hydrogen-bond donors (Lipinski definition) is 1. The lowest BCUT2D eigenvalue weighted by molar-refractivity contribution is -0.236. The van der Waals surface area contributed by atoms with Gasteiger partial charge in [-0.1, -0.05) is 93.6 Å². The van der Waals surface area contributed by atoms with Gasteiger partial charge in [0.05, 0.1) is 12.2 Å². The summed E-state index contributed by atoms with van der Waals surface area (Å²) in [4.78, 5) is 0. The molecule has 190 valence electrons. The van der Waals surface area contributed by atoms with E-state index in [0.29, 0.717) is 6.61 Å². The van der Waals surface area contributed by atoms with E-state index in [2.05, 4.69) is 82.5 Å². The van der Waals surface area contributed by atoms with Gasteiger partial charge in [0.2, 0.25) is 0 Å². The van der Waals surface area contributed by atoms with Crippen LogP contribution in [0.5, 0.6) is 0 Å². The molecular weight excluding hydrogens is 452 g/mol. The Balaban J connectivity index is 2.07. The number of aliphatic hydroxyl groups excluding tert-OH is 1. The van der Waals surface area contributed by atoms with Crippen molar-refractivity contribution in [1.82, 2.24) is 0 Å². The molecule has 0 aliphatic carbocycles. The highest BCUT2D eigenvalue weighted by Gasteiger charge is 2.53. The fraction of sp³-hybridized carbons (Fsp3) is 0.467. The van der Waals surface area contributed by atoms with Crippen LogP contribution in [-0.4, -0.2) is 50.0 Å². The van der Waals surface area contributed by atoms with Gasteiger partial charge in [-0.25, -0.2) is 0 Å². The fourth-order valence-corrected chi connectivity index (χ4v) is 10.0. The van der Waals surface area contributed by atoms with E-state index in [-0.39, 0.29) is 17.7 Å². The van der Waals surface area contributed by atoms with Crippen molar-refractivity contribution >= 4 is 18.7 Å². The molecule has 4 atom stereocenters. The molecule has 2 aromatic carbocycles. The molecule has 1 aliphatic heterocycles. The van der Waals surface area contributed by atoms with Crippen molar-refractivity contribution in [1.29, 1.82) is 0 Å². The van der Waals surface area contributed by atoms with Gasteiger partial charge in [0.15, 0.2) is 0 Å². The highest BCUT2D eigenvalue weighted by Crippen LogP contribution is 2.40. The molecule has 0 unspecified atom stereocenters. The molecule has 5 heteroatoms. The first-order valence-electron chi connectivity index (χ1n) is 12.5. The zero-order chi connectivity index (χ0) is 25.7. The topological polar surface area (TPSA) is 47.9 Å². The van der Waals surface area contributed by atoms with Gasteiger partial charge >= 0.3 is 0 Å². The van der Waals surface area contributed by atoms with Gasteiger partial charge in [0.1, 0.15) is 17.8 Å². The standard InChI is InChI=1S/C30H42O4Si/c1-8-26(31)30(7,34-29(6)21-16-22-32-27(29)9-2)23-33-35(28(3,4)5,24-17-12-10-13-18-24)25-19-14-11-15-20-25/h8-15,17-20,26-27,31H,1-2,16,21-23H2,3-7H3/t26-,27-,29+,30-/m1/s1. The minimum Gasteiger partial charge on any atom is -0.404 e. The maximum Gasteiger partial charge on any atom is 0.261 e. The van der Waals surface area contributed by atoms with Crippen LogP contribution in [0.25, 0.3) is 0 Å². The van der Waals surface area contributed by atoms with Gasteiger partial charge in [-0.2, -0.15) is 0 Å². The van der Waals surface area contributed by atoms with Crippen LogP contribution >= 0.6 is 0 Å². The highest BCUT2D eigenvalue weighted by molar-refractivity contribution is 6.99. The van der Waals surface area contributed by atoms with Gasteiger partial charge in [0.25, 0.3) is 8.32 Å². The Labute approximate surface area is 212 Å². The van der Waals surface area contributed by atoms with E-state index in [1.54, 1.807) is 6.08 Å². The van der Waals surface area contributed by atoms with Crippen LogP contribution < -0.4 is 10.4 Å². The molecule has 0 aromatic heterocycles. The number of benzene rings is 2. The Bertz CT molecular complexity index is 931. The summed E-state index contributed by atoms with van der Waals surface area (Å²) in [5, 5.41) is 13.3. The quantitative estimate of drug-likeness (QED) is 0.373. The lowest BCUT2D eigenvalue weighted by Crippen LogP contribution is -2.68. The zero-order valence-corrected chi connectivity index (χ0v) is 23.0. The summed E-state index contributed by atoms with van der Waals surface area (Å²) in [6.45, 7) is 19.4. The van der Waals surface area contributed by atoms with E-state index < -0.39 is 25.6 Å². The largest absolute Gasteiger partial charge is 0.404 e. The molecule has 0 amide bonds. The molecule has 1 saturated heterocycles. The van der Waals surface area contributed by atoms with E-state index in [1.807, 2.05) is 26.0 Å². The molecule has 0 spiro atoms. The van der Waals surface area contributed by atoms with Crippen LogP contribution in [0.2, 0.25) is 5.04 Å². The number of hydrogen-bond acceptors (Lipinski definition) is 4. The summed E-state index contributed by atoms with van der Waals surface area (Å²) in [6.07, 6.45) is 3.83. The van der Waals surface area contributed by atoms with Crippen LogP contribution in [0, 0.1) is 0 Å². The Morgan fingerprint density at radius 3 is 2.06 bits per heavy atom. The van der Waals surface area contributed by atoms with Crippen LogP contribution in [0.1, 0.15) is 47.5 Å². The lowest BCUT2D eigenvalue weighted by atomic mass is 9.88. The SMILES string of the molecule is C=C[C@@H](O)[C@@](C)(CO[Si](c1ccccc1)(c1ccccc1)C(C)(C)C)O[C@@]1(C)CCCO[C@@H]1C=C. The third kappa shape index (κ3) is 5.55. The maximum atomic E-state index is 11.1. The summed E-state index contributed by atoms with van der Waals surface area (Å²) >= 11 is 0. The second-order valence-electron chi connectivity index (χ2n) is 11.0. The van der Waals surface area contributed by atoms with Crippen LogP contribution in [-0.2, 0) is 13.9 Å². The van der Waals surface area contributed by atoms with Gasteiger partial charge in [0, 0.05) is 6.61 Å². The molecule has 1 heterocycles. The smallest absolute Gasteiger partial charge is 0.261 e. The Kier molecular flexibility index (Phi) is 8.61. The normalized spacial score (nSPS) is 23.8. The van der Waals surface area contributed by atoms with Crippen LogP contribution in [0.4, 0.5) is 0 Å². The van der Waals surface area contributed by atoms with Gasteiger partial charge in [-0.15, -0.1) is 13.2 Å². The molecule has 1 fully saturated rings. The third-order valence-electron chi connectivity index (χ3n) is 7.24. The molecular formula is C30H42O4Si. The van der Waals surface area contributed by atoms with Crippen molar-refractivity contribution in [2.75, 3.05) is 13.2 Å². The van der Waals surface area contributed by atoms with Crippen molar-refractivity contribution in [3.8, 4) is 0 Å². The van der Waals surface area contributed by atoms with Gasteiger partial charge in [-0.05, 0) is 42.1 Å². The highest BCUT2D eigenvalue weighted by atomic mass is 28.4. The first-order chi connectivity index (χ1) is 16.5.